The van der Waals surface area contributed by atoms with Crippen LogP contribution in [-0.4, -0.2) is 50.6 Å². The van der Waals surface area contributed by atoms with Crippen LogP contribution in [0.5, 0.6) is 0 Å². The Morgan fingerprint density at radius 3 is 2.75 bits per heavy atom. The number of hydrogen-bond donors (Lipinski definition) is 1. The van der Waals surface area contributed by atoms with Gasteiger partial charge in [-0.05, 0) is 49.1 Å². The summed E-state index contributed by atoms with van der Waals surface area (Å²) in [6, 6.07) is 11.9. The lowest BCUT2D eigenvalue weighted by molar-refractivity contribution is -0.123. The van der Waals surface area contributed by atoms with Crippen LogP contribution in [0.4, 0.5) is 0 Å². The van der Waals surface area contributed by atoms with Crippen molar-refractivity contribution < 1.29 is 9.59 Å². The van der Waals surface area contributed by atoms with E-state index in [1.807, 2.05) is 27.5 Å². The molecule has 32 heavy (non-hydrogen) atoms. The second-order valence-electron chi connectivity index (χ2n) is 8.70. The Hall–Kier alpha value is -2.90. The molecule has 2 aliphatic heterocycles. The fourth-order valence-corrected chi connectivity index (χ4v) is 5.01. The van der Waals surface area contributed by atoms with E-state index in [4.69, 9.17) is 22.3 Å². The molecule has 2 aromatic heterocycles. The SMILES string of the molecule is NC(=O)C1CCCN(Cc2c(C(=O)N3CCc4ccccc4C3)nc3ccc(Cl)cn23)C1. The van der Waals surface area contributed by atoms with Crippen molar-refractivity contribution in [3.8, 4) is 0 Å². The van der Waals surface area contributed by atoms with E-state index in [2.05, 4.69) is 17.0 Å². The number of amides is 2. The number of primary amides is 1. The molecule has 0 spiro atoms. The summed E-state index contributed by atoms with van der Waals surface area (Å²) in [6.07, 6.45) is 4.35. The van der Waals surface area contributed by atoms with Crippen molar-refractivity contribution in [2.24, 2.45) is 11.7 Å². The molecule has 0 aliphatic carbocycles. The Bertz CT molecular complexity index is 1190. The van der Waals surface area contributed by atoms with Crippen molar-refractivity contribution in [2.75, 3.05) is 19.6 Å². The maximum atomic E-state index is 13.6. The first-order valence-corrected chi connectivity index (χ1v) is 11.4. The van der Waals surface area contributed by atoms with E-state index in [9.17, 15) is 9.59 Å². The lowest BCUT2D eigenvalue weighted by atomic mass is 9.97. The number of nitrogens with zero attached hydrogens (tertiary/aromatic N) is 4. The molecule has 1 atom stereocenters. The number of halogens is 1. The van der Waals surface area contributed by atoms with Gasteiger partial charge in [-0.3, -0.25) is 14.5 Å². The van der Waals surface area contributed by atoms with Crippen LogP contribution < -0.4 is 5.73 Å². The fraction of sp³-hybridized carbons (Fsp3) is 0.375. The smallest absolute Gasteiger partial charge is 0.274 e. The summed E-state index contributed by atoms with van der Waals surface area (Å²) in [5.41, 5.74) is 9.99. The highest BCUT2D eigenvalue weighted by atomic mass is 35.5. The second kappa shape index (κ2) is 8.56. The van der Waals surface area contributed by atoms with Crippen LogP contribution in [0.15, 0.2) is 42.6 Å². The minimum absolute atomic E-state index is 0.0715. The van der Waals surface area contributed by atoms with Gasteiger partial charge in [0.2, 0.25) is 5.91 Å². The number of likely N-dealkylation sites (tertiary alicyclic amines) is 1. The molecule has 4 heterocycles. The van der Waals surface area contributed by atoms with Crippen LogP contribution in [0, 0.1) is 5.92 Å². The molecule has 1 fully saturated rings. The minimum atomic E-state index is -0.265. The summed E-state index contributed by atoms with van der Waals surface area (Å²) in [7, 11) is 0. The molecule has 0 radical (unpaired) electrons. The number of aromatic nitrogens is 2. The average Bonchev–Trinajstić information content (AvgIpc) is 3.15. The number of carbonyl (C=O) groups is 2. The Labute approximate surface area is 191 Å². The van der Waals surface area contributed by atoms with Crippen molar-refractivity contribution >= 4 is 29.1 Å². The zero-order chi connectivity index (χ0) is 22.2. The van der Waals surface area contributed by atoms with Crippen molar-refractivity contribution in [3.05, 3.63) is 70.1 Å². The van der Waals surface area contributed by atoms with Gasteiger partial charge in [0.1, 0.15) is 5.65 Å². The fourth-order valence-electron chi connectivity index (χ4n) is 4.85. The van der Waals surface area contributed by atoms with E-state index < -0.39 is 0 Å². The summed E-state index contributed by atoms with van der Waals surface area (Å²) in [4.78, 5) is 34.1. The van der Waals surface area contributed by atoms with Crippen LogP contribution in [0.1, 0.15) is 40.2 Å². The molecule has 7 nitrogen and oxygen atoms in total. The third-order valence-corrected chi connectivity index (χ3v) is 6.81. The molecule has 0 bridgehead atoms. The lowest BCUT2D eigenvalue weighted by Gasteiger charge is -2.31. The first-order chi connectivity index (χ1) is 15.5. The number of fused-ring (bicyclic) bond motifs is 2. The van der Waals surface area contributed by atoms with Gasteiger partial charge < -0.3 is 15.0 Å². The summed E-state index contributed by atoms with van der Waals surface area (Å²) in [6.45, 7) is 3.20. The number of imidazole rings is 1. The standard InChI is InChI=1S/C24H26ClN5O2/c25-19-7-8-21-27-22(24(32)29-11-9-16-4-1-2-5-17(16)13-29)20(30(21)14-19)15-28-10-3-6-18(12-28)23(26)31/h1-2,4-5,7-8,14,18H,3,6,9-13,15H2,(H2,26,31). The number of pyridine rings is 1. The Morgan fingerprint density at radius 1 is 1.12 bits per heavy atom. The van der Waals surface area contributed by atoms with Gasteiger partial charge in [-0.15, -0.1) is 0 Å². The first kappa shape index (κ1) is 21.0. The Kier molecular flexibility index (Phi) is 5.61. The average molecular weight is 452 g/mol. The third-order valence-electron chi connectivity index (χ3n) is 6.58. The van der Waals surface area contributed by atoms with E-state index in [1.54, 1.807) is 12.3 Å². The third kappa shape index (κ3) is 3.98. The summed E-state index contributed by atoms with van der Waals surface area (Å²) >= 11 is 6.27. The molecule has 2 N–H and O–H groups in total. The van der Waals surface area contributed by atoms with Gasteiger partial charge in [0.05, 0.1) is 16.6 Å². The maximum Gasteiger partial charge on any atom is 0.274 e. The molecule has 1 unspecified atom stereocenters. The highest BCUT2D eigenvalue weighted by molar-refractivity contribution is 6.30. The van der Waals surface area contributed by atoms with Gasteiger partial charge in [0, 0.05) is 32.4 Å². The van der Waals surface area contributed by atoms with Gasteiger partial charge in [0.15, 0.2) is 5.69 Å². The van der Waals surface area contributed by atoms with Crippen molar-refractivity contribution in [2.45, 2.75) is 32.4 Å². The van der Waals surface area contributed by atoms with E-state index >= 15 is 0 Å². The van der Waals surface area contributed by atoms with Gasteiger partial charge in [-0.1, -0.05) is 35.9 Å². The molecular weight excluding hydrogens is 426 g/mol. The molecule has 3 aromatic rings. The summed E-state index contributed by atoms with van der Waals surface area (Å²) < 4.78 is 1.90. The monoisotopic (exact) mass is 451 g/mol. The number of piperidine rings is 1. The van der Waals surface area contributed by atoms with Gasteiger partial charge in [-0.2, -0.15) is 0 Å². The largest absolute Gasteiger partial charge is 0.369 e. The van der Waals surface area contributed by atoms with Crippen LogP contribution in [0.3, 0.4) is 0 Å². The van der Waals surface area contributed by atoms with Crippen LogP contribution in [0.25, 0.3) is 5.65 Å². The van der Waals surface area contributed by atoms with E-state index in [1.165, 1.54) is 11.1 Å². The molecule has 8 heteroatoms. The molecule has 5 rings (SSSR count). The van der Waals surface area contributed by atoms with Gasteiger partial charge in [0.25, 0.3) is 5.91 Å². The van der Waals surface area contributed by atoms with Crippen molar-refractivity contribution in [3.63, 3.8) is 0 Å². The Balaban J connectivity index is 1.47. The minimum Gasteiger partial charge on any atom is -0.369 e. The predicted molar refractivity (Wildman–Crippen MR) is 122 cm³/mol. The van der Waals surface area contributed by atoms with Crippen molar-refractivity contribution in [1.82, 2.24) is 19.2 Å². The maximum absolute atomic E-state index is 13.6. The number of carbonyl (C=O) groups excluding carboxylic acids is 2. The number of benzene rings is 1. The second-order valence-corrected chi connectivity index (χ2v) is 9.14. The van der Waals surface area contributed by atoms with Crippen LogP contribution in [0.2, 0.25) is 5.02 Å². The molecule has 2 aliphatic rings. The first-order valence-electron chi connectivity index (χ1n) is 11.0. The number of hydrogen-bond acceptors (Lipinski definition) is 4. The predicted octanol–water partition coefficient (Wildman–Crippen LogP) is 2.88. The Morgan fingerprint density at radius 2 is 1.94 bits per heavy atom. The summed E-state index contributed by atoms with van der Waals surface area (Å²) in [5, 5.41) is 0.579. The quantitative estimate of drug-likeness (QED) is 0.661. The lowest BCUT2D eigenvalue weighted by Crippen LogP contribution is -2.41. The van der Waals surface area contributed by atoms with Crippen LogP contribution in [-0.2, 0) is 24.3 Å². The highest BCUT2D eigenvalue weighted by Crippen LogP contribution is 2.25. The number of rotatable bonds is 4. The van der Waals surface area contributed by atoms with E-state index in [-0.39, 0.29) is 17.7 Å². The molecular formula is C24H26ClN5O2. The van der Waals surface area contributed by atoms with Gasteiger partial charge >= 0.3 is 0 Å². The molecule has 0 saturated carbocycles. The van der Waals surface area contributed by atoms with Crippen molar-refractivity contribution in [1.29, 1.82) is 0 Å². The summed E-state index contributed by atoms with van der Waals surface area (Å²) in [5.74, 6) is -0.499. The normalized spacial score (nSPS) is 19.2. The highest BCUT2D eigenvalue weighted by Gasteiger charge is 2.30. The molecule has 1 aromatic carbocycles. The molecule has 2 amide bonds. The van der Waals surface area contributed by atoms with Crippen LogP contribution >= 0.6 is 11.6 Å². The van der Waals surface area contributed by atoms with E-state index in [0.29, 0.717) is 42.5 Å². The van der Waals surface area contributed by atoms with Gasteiger partial charge in [-0.25, -0.2) is 4.98 Å². The molecule has 166 valence electrons. The zero-order valence-corrected chi connectivity index (χ0v) is 18.6. The van der Waals surface area contributed by atoms with E-state index in [0.717, 1.165) is 31.5 Å². The topological polar surface area (TPSA) is 83.9 Å². The molecule has 1 saturated heterocycles. The number of nitrogens with two attached hydrogens (primary N) is 1. The zero-order valence-electron chi connectivity index (χ0n) is 17.8.